The number of fused-ring (bicyclic) bond motifs is 1. The Morgan fingerprint density at radius 1 is 1.22 bits per heavy atom. The first-order valence-corrected chi connectivity index (χ1v) is 11.8. The third-order valence-corrected chi connectivity index (χ3v) is 6.40. The first kappa shape index (κ1) is 24.0. The molecule has 3 aromatic rings. The molecule has 0 saturated heterocycles. The number of furan rings is 1. The molecule has 0 atom stereocenters. The number of amides is 1. The van der Waals surface area contributed by atoms with E-state index in [9.17, 15) is 14.9 Å². The first-order valence-electron chi connectivity index (χ1n) is 10.9. The van der Waals surface area contributed by atoms with Crippen LogP contribution in [0, 0.1) is 22.4 Å². The minimum absolute atomic E-state index is 0.0284. The lowest BCUT2D eigenvalue weighted by molar-refractivity contribution is -0.384. The Morgan fingerprint density at radius 2 is 2.03 bits per heavy atom. The smallest absolute Gasteiger partial charge is 0.284 e. The van der Waals surface area contributed by atoms with Crippen LogP contribution in [0.15, 0.2) is 74.7 Å². The van der Waals surface area contributed by atoms with E-state index in [0.717, 1.165) is 23.1 Å². The van der Waals surface area contributed by atoms with Gasteiger partial charge in [-0.15, -0.1) is 0 Å². The highest BCUT2D eigenvalue weighted by molar-refractivity contribution is 8.27. The summed E-state index contributed by atoms with van der Waals surface area (Å²) in [5.41, 5.74) is 1.01. The molecule has 2 aliphatic heterocycles. The number of para-hydroxylation sites is 1. The number of carbonyl (C=O) groups excluding carboxylic acids is 1. The third kappa shape index (κ3) is 4.74. The van der Waals surface area contributed by atoms with Crippen LogP contribution in [-0.2, 0) is 4.79 Å². The van der Waals surface area contributed by atoms with Crippen molar-refractivity contribution in [3.8, 4) is 22.8 Å². The molecule has 37 heavy (non-hydrogen) atoms. The maximum Gasteiger partial charge on any atom is 0.284 e. The lowest BCUT2D eigenvalue weighted by Gasteiger charge is -2.19. The van der Waals surface area contributed by atoms with E-state index in [0.29, 0.717) is 10.8 Å². The molecule has 3 heterocycles. The zero-order valence-electron chi connectivity index (χ0n) is 19.6. The average molecular weight is 518 g/mol. The maximum absolute atomic E-state index is 12.7. The molecule has 2 aromatic carbocycles. The standard InChI is InChI=1S/C25H19N5O6S/c1-14-5-3-4-6-20(14)35-13-22-28-29-23(26)18(24(31)27-25(29)37-22)11-16-8-10-21(36-16)17-9-7-15(34-2)12-19(17)30(32)33/h3-12,26H,13H2,1-2H3/b18-11+,26-23?. The van der Waals surface area contributed by atoms with Crippen LogP contribution in [0.5, 0.6) is 11.5 Å². The quantitative estimate of drug-likeness (QED) is 0.266. The number of nitro benzene ring substituents is 1. The van der Waals surface area contributed by atoms with Crippen LogP contribution in [-0.4, -0.2) is 45.6 Å². The van der Waals surface area contributed by atoms with E-state index < -0.39 is 10.8 Å². The lowest BCUT2D eigenvalue weighted by Crippen LogP contribution is -2.35. The highest BCUT2D eigenvalue weighted by atomic mass is 32.2. The molecule has 0 aliphatic carbocycles. The second-order valence-corrected chi connectivity index (χ2v) is 8.95. The largest absolute Gasteiger partial charge is 0.497 e. The molecule has 0 fully saturated rings. The molecule has 1 N–H and O–H groups in total. The molecule has 2 aliphatic rings. The number of benzene rings is 2. The van der Waals surface area contributed by atoms with Crippen molar-refractivity contribution in [1.29, 1.82) is 5.41 Å². The van der Waals surface area contributed by atoms with Crippen LogP contribution in [0.2, 0.25) is 0 Å². The van der Waals surface area contributed by atoms with Gasteiger partial charge in [-0.25, -0.2) is 0 Å². The van der Waals surface area contributed by atoms with Gasteiger partial charge in [0.15, 0.2) is 5.84 Å². The molecule has 0 saturated carbocycles. The van der Waals surface area contributed by atoms with Crippen LogP contribution >= 0.6 is 11.8 Å². The van der Waals surface area contributed by atoms with E-state index in [1.54, 1.807) is 18.2 Å². The fraction of sp³-hybridized carbons (Fsp3) is 0.120. The van der Waals surface area contributed by atoms with E-state index in [2.05, 4.69) is 10.1 Å². The van der Waals surface area contributed by atoms with E-state index in [4.69, 9.17) is 19.3 Å². The second-order valence-electron chi connectivity index (χ2n) is 7.91. The molecular weight excluding hydrogens is 498 g/mol. The summed E-state index contributed by atoms with van der Waals surface area (Å²) >= 11 is 1.16. The first-order chi connectivity index (χ1) is 17.8. The predicted molar refractivity (Wildman–Crippen MR) is 139 cm³/mol. The number of aliphatic imine (C=N–C) groups is 1. The lowest BCUT2D eigenvalue weighted by atomic mass is 10.1. The molecule has 12 heteroatoms. The van der Waals surface area contributed by atoms with Gasteiger partial charge in [0, 0.05) is 0 Å². The third-order valence-electron chi connectivity index (χ3n) is 5.52. The molecule has 1 amide bonds. The van der Waals surface area contributed by atoms with Crippen molar-refractivity contribution in [3.05, 3.63) is 81.6 Å². The van der Waals surface area contributed by atoms with Gasteiger partial charge in [0.1, 0.15) is 34.7 Å². The number of nitrogens with zero attached hydrogens (tertiary/aromatic N) is 4. The summed E-state index contributed by atoms with van der Waals surface area (Å²) in [6, 6.07) is 15.1. The zero-order chi connectivity index (χ0) is 26.1. The Bertz CT molecular complexity index is 1540. The summed E-state index contributed by atoms with van der Waals surface area (Å²) in [5, 5.41) is 26.5. The van der Waals surface area contributed by atoms with Crippen molar-refractivity contribution in [3.63, 3.8) is 0 Å². The average Bonchev–Trinajstić information content (AvgIpc) is 3.52. The highest BCUT2D eigenvalue weighted by Crippen LogP contribution is 2.35. The minimum atomic E-state index is -0.617. The Hall–Kier alpha value is -4.71. The summed E-state index contributed by atoms with van der Waals surface area (Å²) in [5.74, 6) is 0.730. The van der Waals surface area contributed by atoms with Gasteiger partial charge >= 0.3 is 0 Å². The van der Waals surface area contributed by atoms with Crippen LogP contribution in [0.4, 0.5) is 5.69 Å². The van der Waals surface area contributed by atoms with E-state index in [1.165, 1.54) is 30.3 Å². The van der Waals surface area contributed by atoms with Crippen molar-refractivity contribution in [2.45, 2.75) is 6.92 Å². The van der Waals surface area contributed by atoms with Crippen molar-refractivity contribution in [1.82, 2.24) is 5.01 Å². The second kappa shape index (κ2) is 9.74. The Morgan fingerprint density at radius 3 is 2.78 bits per heavy atom. The summed E-state index contributed by atoms with van der Waals surface area (Å²) in [4.78, 5) is 27.8. The minimum Gasteiger partial charge on any atom is -0.497 e. The van der Waals surface area contributed by atoms with Crippen LogP contribution in [0.1, 0.15) is 11.3 Å². The number of hydrazone groups is 1. The van der Waals surface area contributed by atoms with Crippen LogP contribution in [0.3, 0.4) is 0 Å². The van der Waals surface area contributed by atoms with E-state index >= 15 is 0 Å². The van der Waals surface area contributed by atoms with Gasteiger partial charge in [-0.3, -0.25) is 20.3 Å². The van der Waals surface area contributed by atoms with Crippen molar-refractivity contribution < 1.29 is 23.6 Å². The number of nitro groups is 1. The topological polar surface area (TPSA) is 144 Å². The Balaban J connectivity index is 1.37. The van der Waals surface area contributed by atoms with Crippen molar-refractivity contribution in [2.24, 2.45) is 10.1 Å². The Kier molecular flexibility index (Phi) is 6.32. The summed E-state index contributed by atoms with van der Waals surface area (Å²) < 4.78 is 16.7. The number of amidine groups is 2. The normalized spacial score (nSPS) is 15.9. The van der Waals surface area contributed by atoms with Gasteiger partial charge in [-0.05, 0) is 60.7 Å². The van der Waals surface area contributed by atoms with Crippen LogP contribution in [0.25, 0.3) is 17.4 Å². The van der Waals surface area contributed by atoms with Gasteiger partial charge in [0.2, 0.25) is 5.17 Å². The molecule has 0 radical (unpaired) electrons. The number of rotatable bonds is 7. The van der Waals surface area contributed by atoms with Gasteiger partial charge in [0.25, 0.3) is 11.6 Å². The summed E-state index contributed by atoms with van der Waals surface area (Å²) in [6.07, 6.45) is 1.37. The van der Waals surface area contributed by atoms with Crippen molar-refractivity contribution >= 4 is 45.5 Å². The molecule has 5 rings (SSSR count). The van der Waals surface area contributed by atoms with Crippen LogP contribution < -0.4 is 9.47 Å². The van der Waals surface area contributed by atoms with Gasteiger partial charge < -0.3 is 13.9 Å². The maximum atomic E-state index is 12.7. The fourth-order valence-electron chi connectivity index (χ4n) is 3.66. The van der Waals surface area contributed by atoms with E-state index in [-0.39, 0.29) is 46.0 Å². The number of aryl methyl sites for hydroxylation is 1. The molecule has 0 spiro atoms. The van der Waals surface area contributed by atoms with Gasteiger partial charge in [-0.1, -0.05) is 18.2 Å². The molecule has 186 valence electrons. The molecule has 0 bridgehead atoms. The number of carbonyl (C=O) groups is 1. The fourth-order valence-corrected chi connectivity index (χ4v) is 4.46. The monoisotopic (exact) mass is 517 g/mol. The number of nitrogens with one attached hydrogen (secondary N) is 1. The molecular formula is C25H19N5O6S. The number of ether oxygens (including phenoxy) is 2. The molecule has 11 nitrogen and oxygen atoms in total. The van der Waals surface area contributed by atoms with Gasteiger partial charge in [-0.2, -0.15) is 15.1 Å². The van der Waals surface area contributed by atoms with E-state index in [1.807, 2.05) is 31.2 Å². The van der Waals surface area contributed by atoms with Crippen molar-refractivity contribution in [2.75, 3.05) is 13.7 Å². The number of thioether (sulfide) groups is 1. The number of hydrogen-bond acceptors (Lipinski definition) is 9. The predicted octanol–water partition coefficient (Wildman–Crippen LogP) is 4.87. The Labute approximate surface area is 214 Å². The summed E-state index contributed by atoms with van der Waals surface area (Å²) in [6.45, 7) is 2.10. The zero-order valence-corrected chi connectivity index (χ0v) is 20.4. The highest BCUT2D eigenvalue weighted by Gasteiger charge is 2.36. The molecule has 0 unspecified atom stereocenters. The van der Waals surface area contributed by atoms with Gasteiger partial charge in [0.05, 0.1) is 29.2 Å². The summed E-state index contributed by atoms with van der Waals surface area (Å²) in [7, 11) is 1.42. The number of methoxy groups -OCH3 is 1. The number of hydrogen-bond donors (Lipinski definition) is 1. The SMILES string of the molecule is COc1ccc(-c2ccc(/C=C3\C(=N)N4N=C(COc5ccccc5C)SC4=NC3=O)o2)c([N+](=O)[O-])c1. The molecule has 1 aromatic heterocycles.